The number of aromatic carboxylic acids is 1. The molecule has 1 N–H and O–H groups in total. The lowest BCUT2D eigenvalue weighted by molar-refractivity contribution is 0.0691. The Balaban J connectivity index is 2.20. The standard InChI is InChI=1S/C13H10N6O2/c1-8-14-7-10(11(15-8)13(20)21)12-16-17-18-19(12)9-5-3-2-4-6-9/h2-7H,1H3,(H,20,21). The molecule has 2 aromatic heterocycles. The van der Waals surface area contributed by atoms with Gasteiger partial charge in [0, 0.05) is 6.20 Å². The van der Waals surface area contributed by atoms with Gasteiger partial charge in [0.25, 0.3) is 0 Å². The molecule has 0 aliphatic rings. The maximum atomic E-state index is 11.3. The Labute approximate surface area is 119 Å². The zero-order valence-electron chi connectivity index (χ0n) is 11.0. The SMILES string of the molecule is Cc1ncc(-c2nnnn2-c2ccccc2)c(C(=O)O)n1. The fourth-order valence-corrected chi connectivity index (χ4v) is 1.89. The number of aryl methyl sites for hydroxylation is 1. The van der Waals surface area contributed by atoms with E-state index in [0.29, 0.717) is 5.82 Å². The average Bonchev–Trinajstić information content (AvgIpc) is 2.97. The third-order valence-electron chi connectivity index (χ3n) is 2.82. The van der Waals surface area contributed by atoms with Crippen molar-refractivity contribution in [2.75, 3.05) is 0 Å². The normalized spacial score (nSPS) is 10.5. The number of nitrogens with zero attached hydrogens (tertiary/aromatic N) is 6. The van der Waals surface area contributed by atoms with Crippen LogP contribution in [0.5, 0.6) is 0 Å². The minimum Gasteiger partial charge on any atom is -0.476 e. The molecule has 1 aromatic carbocycles. The second-order valence-corrected chi connectivity index (χ2v) is 4.23. The van der Waals surface area contributed by atoms with E-state index in [1.807, 2.05) is 30.3 Å². The molecule has 0 radical (unpaired) electrons. The van der Waals surface area contributed by atoms with E-state index in [9.17, 15) is 9.90 Å². The van der Waals surface area contributed by atoms with Crippen LogP contribution in [0, 0.1) is 6.92 Å². The van der Waals surface area contributed by atoms with Crippen molar-refractivity contribution in [1.82, 2.24) is 30.2 Å². The van der Waals surface area contributed by atoms with Crippen LogP contribution in [0.4, 0.5) is 0 Å². The van der Waals surface area contributed by atoms with Gasteiger partial charge in [-0.05, 0) is 29.5 Å². The van der Waals surface area contributed by atoms with Crippen LogP contribution in [0.25, 0.3) is 17.1 Å². The number of tetrazole rings is 1. The van der Waals surface area contributed by atoms with Gasteiger partial charge < -0.3 is 5.11 Å². The lowest BCUT2D eigenvalue weighted by atomic mass is 10.2. The molecule has 2 heterocycles. The van der Waals surface area contributed by atoms with E-state index in [1.165, 1.54) is 10.9 Å². The van der Waals surface area contributed by atoms with Crippen molar-refractivity contribution < 1.29 is 9.90 Å². The van der Waals surface area contributed by atoms with Crippen LogP contribution in [0.1, 0.15) is 16.3 Å². The molecule has 3 rings (SSSR count). The van der Waals surface area contributed by atoms with Gasteiger partial charge in [0.1, 0.15) is 5.82 Å². The van der Waals surface area contributed by atoms with Crippen molar-refractivity contribution in [2.45, 2.75) is 6.92 Å². The smallest absolute Gasteiger partial charge is 0.355 e. The lowest BCUT2D eigenvalue weighted by Crippen LogP contribution is -2.09. The van der Waals surface area contributed by atoms with Crippen molar-refractivity contribution in [2.24, 2.45) is 0 Å². The molecule has 0 atom stereocenters. The number of carboxylic acid groups (broad SMARTS) is 1. The van der Waals surface area contributed by atoms with Crippen LogP contribution >= 0.6 is 0 Å². The predicted octanol–water partition coefficient (Wildman–Crippen LogP) is 1.13. The van der Waals surface area contributed by atoms with Crippen LogP contribution in [0.2, 0.25) is 0 Å². The quantitative estimate of drug-likeness (QED) is 0.767. The van der Waals surface area contributed by atoms with Crippen molar-refractivity contribution in [3.05, 3.63) is 48.0 Å². The fourth-order valence-electron chi connectivity index (χ4n) is 1.89. The highest BCUT2D eigenvalue weighted by Gasteiger charge is 2.20. The second kappa shape index (κ2) is 5.08. The molecule has 0 aliphatic carbocycles. The first kappa shape index (κ1) is 12.9. The molecular formula is C13H10N6O2. The highest BCUT2D eigenvalue weighted by Crippen LogP contribution is 2.21. The summed E-state index contributed by atoms with van der Waals surface area (Å²) in [6, 6.07) is 9.17. The Kier molecular flexibility index (Phi) is 3.11. The van der Waals surface area contributed by atoms with Crippen LogP contribution < -0.4 is 0 Å². The molecule has 0 fully saturated rings. The van der Waals surface area contributed by atoms with Gasteiger partial charge in [-0.1, -0.05) is 18.2 Å². The number of hydrogen-bond donors (Lipinski definition) is 1. The van der Waals surface area contributed by atoms with E-state index in [0.717, 1.165) is 5.69 Å². The van der Waals surface area contributed by atoms with E-state index in [2.05, 4.69) is 25.5 Å². The van der Waals surface area contributed by atoms with Crippen molar-refractivity contribution >= 4 is 5.97 Å². The zero-order chi connectivity index (χ0) is 14.8. The Bertz CT molecular complexity index is 799. The molecule has 8 nitrogen and oxygen atoms in total. The van der Waals surface area contributed by atoms with Crippen molar-refractivity contribution in [3.8, 4) is 17.1 Å². The van der Waals surface area contributed by atoms with Gasteiger partial charge in [0.2, 0.25) is 0 Å². The monoisotopic (exact) mass is 282 g/mol. The molecule has 21 heavy (non-hydrogen) atoms. The minimum atomic E-state index is -1.15. The third-order valence-corrected chi connectivity index (χ3v) is 2.82. The van der Waals surface area contributed by atoms with Gasteiger partial charge in [-0.3, -0.25) is 0 Å². The first-order valence-electron chi connectivity index (χ1n) is 6.08. The molecule has 0 unspecified atom stereocenters. The fraction of sp³-hybridized carbons (Fsp3) is 0.0769. The maximum Gasteiger partial charge on any atom is 0.355 e. The summed E-state index contributed by atoms with van der Waals surface area (Å²) in [4.78, 5) is 19.3. The van der Waals surface area contributed by atoms with Gasteiger partial charge in [-0.25, -0.2) is 14.8 Å². The molecule has 0 bridgehead atoms. The van der Waals surface area contributed by atoms with Crippen LogP contribution in [0.15, 0.2) is 36.5 Å². The van der Waals surface area contributed by atoms with E-state index in [1.54, 1.807) is 6.92 Å². The van der Waals surface area contributed by atoms with Gasteiger partial charge in [-0.15, -0.1) is 5.10 Å². The van der Waals surface area contributed by atoms with Crippen LogP contribution in [-0.2, 0) is 0 Å². The number of para-hydroxylation sites is 1. The summed E-state index contributed by atoms with van der Waals surface area (Å²) in [6.07, 6.45) is 1.41. The Morgan fingerprint density at radius 1 is 1.24 bits per heavy atom. The summed E-state index contributed by atoms with van der Waals surface area (Å²) in [5.74, 6) is -0.508. The largest absolute Gasteiger partial charge is 0.476 e. The van der Waals surface area contributed by atoms with Gasteiger partial charge in [-0.2, -0.15) is 4.68 Å². The number of hydrogen-bond acceptors (Lipinski definition) is 6. The topological polar surface area (TPSA) is 107 Å². The summed E-state index contributed by atoms with van der Waals surface area (Å²) >= 11 is 0. The number of carbonyl (C=O) groups is 1. The van der Waals surface area contributed by atoms with Gasteiger partial charge in [0.05, 0.1) is 11.3 Å². The van der Waals surface area contributed by atoms with E-state index < -0.39 is 5.97 Å². The molecule has 0 aliphatic heterocycles. The highest BCUT2D eigenvalue weighted by molar-refractivity contribution is 5.92. The molecule has 0 saturated carbocycles. The third kappa shape index (κ3) is 2.34. The molecule has 0 saturated heterocycles. The Morgan fingerprint density at radius 2 is 2.00 bits per heavy atom. The first-order chi connectivity index (χ1) is 10.2. The zero-order valence-corrected chi connectivity index (χ0v) is 11.0. The maximum absolute atomic E-state index is 11.3. The highest BCUT2D eigenvalue weighted by atomic mass is 16.4. The number of carboxylic acids is 1. The number of aromatic nitrogens is 6. The molecular weight excluding hydrogens is 272 g/mol. The molecule has 8 heteroatoms. The predicted molar refractivity (Wildman–Crippen MR) is 71.9 cm³/mol. The summed E-state index contributed by atoms with van der Waals surface area (Å²) in [6.45, 7) is 1.62. The Morgan fingerprint density at radius 3 is 2.71 bits per heavy atom. The number of benzene rings is 1. The van der Waals surface area contributed by atoms with E-state index in [4.69, 9.17) is 0 Å². The van der Waals surface area contributed by atoms with Crippen molar-refractivity contribution in [3.63, 3.8) is 0 Å². The number of rotatable bonds is 3. The first-order valence-corrected chi connectivity index (χ1v) is 6.08. The molecule has 0 amide bonds. The molecule has 0 spiro atoms. The van der Waals surface area contributed by atoms with Crippen LogP contribution in [0.3, 0.4) is 0 Å². The average molecular weight is 282 g/mol. The molecule has 3 aromatic rings. The summed E-state index contributed by atoms with van der Waals surface area (Å²) in [5.41, 5.74) is 0.853. The Hall–Kier alpha value is -3.16. The van der Waals surface area contributed by atoms with Gasteiger partial charge >= 0.3 is 5.97 Å². The summed E-state index contributed by atoms with van der Waals surface area (Å²) in [7, 11) is 0. The van der Waals surface area contributed by atoms with E-state index >= 15 is 0 Å². The van der Waals surface area contributed by atoms with E-state index in [-0.39, 0.29) is 17.1 Å². The minimum absolute atomic E-state index is 0.130. The molecule has 104 valence electrons. The van der Waals surface area contributed by atoms with Crippen molar-refractivity contribution in [1.29, 1.82) is 0 Å². The summed E-state index contributed by atoms with van der Waals surface area (Å²) in [5, 5.41) is 20.7. The lowest BCUT2D eigenvalue weighted by Gasteiger charge is -2.06. The summed E-state index contributed by atoms with van der Waals surface area (Å²) < 4.78 is 1.44. The second-order valence-electron chi connectivity index (χ2n) is 4.23. The van der Waals surface area contributed by atoms with Gasteiger partial charge in [0.15, 0.2) is 11.5 Å². The van der Waals surface area contributed by atoms with Crippen LogP contribution in [-0.4, -0.2) is 41.3 Å².